The highest BCUT2D eigenvalue weighted by atomic mass is 32.2. The van der Waals surface area contributed by atoms with Crippen LogP contribution in [0.15, 0.2) is 29.4 Å². The quantitative estimate of drug-likeness (QED) is 0.578. The number of aryl methyl sites for hydroxylation is 2. The number of nitrogens with zero attached hydrogens (tertiary/aromatic N) is 4. The number of anilines is 1. The number of terminal acetylenes is 1. The molecule has 0 unspecified atom stereocenters. The van der Waals surface area contributed by atoms with Gasteiger partial charge in [-0.2, -0.15) is 4.98 Å². The van der Waals surface area contributed by atoms with Crippen molar-refractivity contribution in [3.63, 3.8) is 0 Å². The van der Waals surface area contributed by atoms with Crippen LogP contribution >= 0.6 is 11.8 Å². The number of fused-ring (bicyclic) bond motifs is 1. The van der Waals surface area contributed by atoms with Gasteiger partial charge in [0.2, 0.25) is 11.1 Å². The van der Waals surface area contributed by atoms with Gasteiger partial charge in [-0.25, -0.2) is 9.50 Å². The van der Waals surface area contributed by atoms with Crippen LogP contribution in [0.25, 0.3) is 5.78 Å². The zero-order chi connectivity index (χ0) is 18.0. The van der Waals surface area contributed by atoms with E-state index >= 15 is 0 Å². The van der Waals surface area contributed by atoms with Crippen LogP contribution in [-0.2, 0) is 11.2 Å². The van der Waals surface area contributed by atoms with E-state index in [1.54, 1.807) is 10.6 Å². The lowest BCUT2D eigenvalue weighted by Gasteiger charge is -2.11. The van der Waals surface area contributed by atoms with Crippen molar-refractivity contribution < 1.29 is 4.79 Å². The minimum absolute atomic E-state index is 0.133. The van der Waals surface area contributed by atoms with Gasteiger partial charge in [0.15, 0.2) is 0 Å². The number of carbonyl (C=O) groups is 1. The monoisotopic (exact) mass is 351 g/mol. The van der Waals surface area contributed by atoms with Crippen LogP contribution in [0.1, 0.15) is 22.5 Å². The highest BCUT2D eigenvalue weighted by Crippen LogP contribution is 2.18. The summed E-state index contributed by atoms with van der Waals surface area (Å²) < 4.78 is 1.68. The number of thioether (sulfide) groups is 1. The Balaban J connectivity index is 1.86. The van der Waals surface area contributed by atoms with Gasteiger partial charge in [0.1, 0.15) is 0 Å². The van der Waals surface area contributed by atoms with Crippen LogP contribution in [0.3, 0.4) is 0 Å². The van der Waals surface area contributed by atoms with E-state index in [2.05, 4.69) is 26.3 Å². The maximum Gasteiger partial charge on any atom is 0.253 e. The van der Waals surface area contributed by atoms with Crippen molar-refractivity contribution in [1.82, 2.24) is 19.6 Å². The molecule has 0 aliphatic carbocycles. The zero-order valence-corrected chi connectivity index (χ0v) is 15.0. The van der Waals surface area contributed by atoms with Gasteiger partial charge in [-0.15, -0.1) is 11.5 Å². The molecule has 0 spiro atoms. The van der Waals surface area contributed by atoms with E-state index in [9.17, 15) is 4.79 Å². The van der Waals surface area contributed by atoms with Gasteiger partial charge in [-0.1, -0.05) is 23.7 Å². The average molecular weight is 351 g/mol. The van der Waals surface area contributed by atoms with Gasteiger partial charge < -0.3 is 5.32 Å². The van der Waals surface area contributed by atoms with Crippen molar-refractivity contribution in [3.05, 3.63) is 46.8 Å². The predicted octanol–water partition coefficient (Wildman–Crippen LogP) is 2.63. The molecule has 25 heavy (non-hydrogen) atoms. The van der Waals surface area contributed by atoms with Crippen LogP contribution < -0.4 is 5.32 Å². The van der Waals surface area contributed by atoms with Gasteiger partial charge in [-0.05, 0) is 38.3 Å². The lowest BCUT2D eigenvalue weighted by atomic mass is 10.1. The number of amides is 1. The number of rotatable bonds is 4. The van der Waals surface area contributed by atoms with Crippen LogP contribution in [0, 0.1) is 26.2 Å². The Morgan fingerprint density at radius 1 is 1.36 bits per heavy atom. The first-order valence-corrected chi connectivity index (χ1v) is 8.87. The first-order valence-electron chi connectivity index (χ1n) is 7.65. The zero-order valence-electron chi connectivity index (χ0n) is 14.2. The standard InChI is InChI=1S/C18H17N5OS/c1-5-13-7-6-8-14(9-13)20-16(24)10-15-11(2)19-17-21-18(25-4)22-23(17)12(15)3/h1,6-9H,10H2,2-4H3,(H,20,24). The molecule has 0 atom stereocenters. The molecule has 126 valence electrons. The Bertz CT molecular complexity index is 1000. The Labute approximate surface area is 150 Å². The lowest BCUT2D eigenvalue weighted by Crippen LogP contribution is -2.17. The fraction of sp³-hybridized carbons (Fsp3) is 0.222. The Hall–Kier alpha value is -2.85. The Morgan fingerprint density at radius 2 is 2.16 bits per heavy atom. The molecule has 2 heterocycles. The van der Waals surface area contributed by atoms with Gasteiger partial charge in [0.05, 0.1) is 6.42 Å². The summed E-state index contributed by atoms with van der Waals surface area (Å²) in [6.45, 7) is 3.80. The first kappa shape index (κ1) is 17.0. The van der Waals surface area contributed by atoms with E-state index < -0.39 is 0 Å². The smallest absolute Gasteiger partial charge is 0.253 e. The number of hydrogen-bond acceptors (Lipinski definition) is 5. The van der Waals surface area contributed by atoms with Crippen LogP contribution in [0.5, 0.6) is 0 Å². The van der Waals surface area contributed by atoms with Crippen LogP contribution in [0.4, 0.5) is 5.69 Å². The summed E-state index contributed by atoms with van der Waals surface area (Å²) in [6.07, 6.45) is 7.51. The molecular formula is C18H17N5OS. The molecule has 0 radical (unpaired) electrons. The minimum atomic E-state index is -0.133. The summed E-state index contributed by atoms with van der Waals surface area (Å²) in [7, 11) is 0. The molecule has 0 bridgehead atoms. The van der Waals surface area contributed by atoms with Crippen molar-refractivity contribution in [2.45, 2.75) is 25.4 Å². The van der Waals surface area contributed by atoms with Gasteiger partial charge >= 0.3 is 0 Å². The molecule has 7 heteroatoms. The molecule has 1 N–H and O–H groups in total. The molecule has 0 fully saturated rings. The normalized spacial score (nSPS) is 10.6. The van der Waals surface area contributed by atoms with Gasteiger partial charge in [0, 0.05) is 28.2 Å². The summed E-state index contributed by atoms with van der Waals surface area (Å²) in [4.78, 5) is 21.2. The summed E-state index contributed by atoms with van der Waals surface area (Å²) in [6, 6.07) is 7.20. The second-order valence-corrected chi connectivity index (χ2v) is 6.29. The summed E-state index contributed by atoms with van der Waals surface area (Å²) in [5, 5.41) is 7.93. The van der Waals surface area contributed by atoms with Crippen molar-refractivity contribution in [3.8, 4) is 12.3 Å². The molecule has 3 aromatic rings. The van der Waals surface area contributed by atoms with Crippen LogP contribution in [-0.4, -0.2) is 31.7 Å². The second kappa shape index (κ2) is 6.95. The van der Waals surface area contributed by atoms with E-state index in [1.165, 1.54) is 11.8 Å². The van der Waals surface area contributed by atoms with E-state index in [4.69, 9.17) is 6.42 Å². The predicted molar refractivity (Wildman–Crippen MR) is 98.7 cm³/mol. The molecule has 1 aromatic carbocycles. The van der Waals surface area contributed by atoms with E-state index in [-0.39, 0.29) is 12.3 Å². The molecule has 0 aliphatic heterocycles. The number of hydrogen-bond donors (Lipinski definition) is 1. The van der Waals surface area contributed by atoms with Crippen molar-refractivity contribution in [1.29, 1.82) is 0 Å². The number of carbonyl (C=O) groups excluding carboxylic acids is 1. The lowest BCUT2D eigenvalue weighted by molar-refractivity contribution is -0.115. The SMILES string of the molecule is C#Cc1cccc(NC(=O)Cc2c(C)nc3nc(SC)nn3c2C)c1. The van der Waals surface area contributed by atoms with Gasteiger partial charge in [0.25, 0.3) is 5.78 Å². The first-order chi connectivity index (χ1) is 12.0. The third-order valence-electron chi connectivity index (χ3n) is 3.86. The molecular weight excluding hydrogens is 334 g/mol. The number of benzene rings is 1. The molecule has 0 saturated heterocycles. The number of aromatic nitrogens is 4. The molecule has 6 nitrogen and oxygen atoms in total. The summed E-state index contributed by atoms with van der Waals surface area (Å²) in [5.41, 5.74) is 3.88. The maximum absolute atomic E-state index is 12.4. The van der Waals surface area contributed by atoms with E-state index in [0.29, 0.717) is 16.6 Å². The second-order valence-electron chi connectivity index (χ2n) is 5.52. The molecule has 0 saturated carbocycles. The minimum Gasteiger partial charge on any atom is -0.326 e. The van der Waals surface area contributed by atoms with Crippen molar-refractivity contribution >= 4 is 29.1 Å². The van der Waals surface area contributed by atoms with E-state index in [0.717, 1.165) is 22.5 Å². The van der Waals surface area contributed by atoms with Crippen LogP contribution in [0.2, 0.25) is 0 Å². The fourth-order valence-electron chi connectivity index (χ4n) is 2.58. The average Bonchev–Trinajstić information content (AvgIpc) is 3.02. The molecule has 0 aliphatic rings. The molecule has 3 rings (SSSR count). The fourth-order valence-corrected chi connectivity index (χ4v) is 2.92. The molecule has 1 amide bonds. The highest BCUT2D eigenvalue weighted by Gasteiger charge is 2.16. The number of nitrogens with one attached hydrogen (secondary N) is 1. The topological polar surface area (TPSA) is 72.2 Å². The molecule has 2 aromatic heterocycles. The van der Waals surface area contributed by atoms with Crippen molar-refractivity contribution in [2.24, 2.45) is 0 Å². The third kappa shape index (κ3) is 3.49. The highest BCUT2D eigenvalue weighted by molar-refractivity contribution is 7.98. The summed E-state index contributed by atoms with van der Waals surface area (Å²) in [5.74, 6) is 2.97. The Kier molecular flexibility index (Phi) is 4.72. The summed E-state index contributed by atoms with van der Waals surface area (Å²) >= 11 is 1.46. The van der Waals surface area contributed by atoms with Crippen molar-refractivity contribution in [2.75, 3.05) is 11.6 Å². The van der Waals surface area contributed by atoms with Gasteiger partial charge in [-0.3, -0.25) is 4.79 Å². The maximum atomic E-state index is 12.4. The largest absolute Gasteiger partial charge is 0.326 e. The third-order valence-corrected chi connectivity index (χ3v) is 4.40. The Morgan fingerprint density at radius 3 is 2.88 bits per heavy atom. The van der Waals surface area contributed by atoms with E-state index in [1.807, 2.05) is 38.3 Å².